The van der Waals surface area contributed by atoms with Gasteiger partial charge in [-0.2, -0.15) is 0 Å². The molecule has 0 aliphatic carbocycles. The monoisotopic (exact) mass is 466 g/mol. The van der Waals surface area contributed by atoms with E-state index in [1.54, 1.807) is 12.1 Å². The minimum Gasteiger partial charge on any atom is -0.416 e. The number of rotatable bonds is 4. The summed E-state index contributed by atoms with van der Waals surface area (Å²) in [6.45, 7) is 4.62. The molecule has 0 radical (unpaired) electrons. The summed E-state index contributed by atoms with van der Waals surface area (Å²) in [6.07, 6.45) is 0.693. The van der Waals surface area contributed by atoms with Crippen LogP contribution in [0.4, 0.5) is 0 Å². The van der Waals surface area contributed by atoms with Crippen LogP contribution in [0.1, 0.15) is 22.3 Å². The lowest BCUT2D eigenvalue weighted by molar-refractivity contribution is 0.0588. The molecule has 0 N–H and O–H groups in total. The van der Waals surface area contributed by atoms with Crippen molar-refractivity contribution in [3.8, 4) is 22.9 Å². The summed E-state index contributed by atoms with van der Waals surface area (Å²) in [6, 6.07) is 15.2. The fourth-order valence-corrected chi connectivity index (χ4v) is 6.21. The fourth-order valence-electron chi connectivity index (χ4n) is 4.44. The van der Waals surface area contributed by atoms with Crippen LogP contribution in [0.5, 0.6) is 0 Å². The first-order valence-corrected chi connectivity index (χ1v) is 12.9. The van der Waals surface area contributed by atoms with Crippen LogP contribution >= 0.6 is 0 Å². The number of piperazine rings is 1. The van der Waals surface area contributed by atoms with Crippen LogP contribution in [-0.2, 0) is 9.84 Å². The van der Waals surface area contributed by atoms with E-state index < -0.39 is 9.84 Å². The van der Waals surface area contributed by atoms with Gasteiger partial charge in [-0.1, -0.05) is 17.7 Å². The second kappa shape index (κ2) is 8.72. The average molecular weight is 467 g/mol. The summed E-state index contributed by atoms with van der Waals surface area (Å²) in [7, 11) is -2.90. The molecule has 5 rings (SSSR count). The Labute approximate surface area is 193 Å². The molecule has 2 aliphatic rings. The Hall–Kier alpha value is -3.04. The topological polar surface area (TPSA) is 96.6 Å². The first-order valence-electron chi connectivity index (χ1n) is 11.1. The van der Waals surface area contributed by atoms with Gasteiger partial charge in [0.2, 0.25) is 11.8 Å². The van der Waals surface area contributed by atoms with E-state index >= 15 is 0 Å². The van der Waals surface area contributed by atoms with Crippen LogP contribution in [0.2, 0.25) is 0 Å². The van der Waals surface area contributed by atoms with Crippen LogP contribution < -0.4 is 0 Å². The molecule has 2 aliphatic heterocycles. The Bertz CT molecular complexity index is 1240. The molecule has 172 valence electrons. The van der Waals surface area contributed by atoms with Gasteiger partial charge in [0.25, 0.3) is 5.91 Å². The second-order valence-electron chi connectivity index (χ2n) is 8.74. The van der Waals surface area contributed by atoms with E-state index in [2.05, 4.69) is 15.1 Å². The molecule has 2 aromatic carbocycles. The third-order valence-corrected chi connectivity index (χ3v) is 8.18. The number of carbonyl (C=O) groups is 1. The molecule has 2 saturated heterocycles. The van der Waals surface area contributed by atoms with E-state index in [1.807, 2.05) is 48.2 Å². The predicted molar refractivity (Wildman–Crippen MR) is 124 cm³/mol. The lowest BCUT2D eigenvalue weighted by Gasteiger charge is -2.37. The molecular weight excluding hydrogens is 440 g/mol. The minimum atomic E-state index is -2.90. The van der Waals surface area contributed by atoms with Gasteiger partial charge in [-0.15, -0.1) is 10.2 Å². The van der Waals surface area contributed by atoms with Gasteiger partial charge in [-0.3, -0.25) is 9.69 Å². The summed E-state index contributed by atoms with van der Waals surface area (Å²) in [5, 5.41) is 8.28. The Balaban J connectivity index is 1.21. The summed E-state index contributed by atoms with van der Waals surface area (Å²) in [4.78, 5) is 17.0. The van der Waals surface area contributed by atoms with Gasteiger partial charge in [0, 0.05) is 48.9 Å². The predicted octanol–water partition coefficient (Wildman–Crippen LogP) is 2.66. The zero-order valence-electron chi connectivity index (χ0n) is 18.5. The van der Waals surface area contributed by atoms with E-state index in [4.69, 9.17) is 4.42 Å². The molecule has 0 unspecified atom stereocenters. The van der Waals surface area contributed by atoms with Crippen molar-refractivity contribution < 1.29 is 17.6 Å². The van der Waals surface area contributed by atoms with Crippen LogP contribution in [0.3, 0.4) is 0 Å². The van der Waals surface area contributed by atoms with Gasteiger partial charge in [0.05, 0.1) is 11.5 Å². The molecule has 2 fully saturated rings. The number of amides is 1. The highest BCUT2D eigenvalue weighted by molar-refractivity contribution is 7.91. The number of carbonyl (C=O) groups excluding carboxylic acids is 1. The summed E-state index contributed by atoms with van der Waals surface area (Å²) in [5.41, 5.74) is 3.38. The Morgan fingerprint density at radius 3 is 2.03 bits per heavy atom. The maximum absolute atomic E-state index is 13.0. The zero-order chi connectivity index (χ0) is 23.0. The third-order valence-electron chi connectivity index (χ3n) is 6.43. The first-order chi connectivity index (χ1) is 15.9. The normalized spacial score (nSPS) is 20.8. The first kappa shape index (κ1) is 21.8. The fraction of sp³-hybridized carbons (Fsp3) is 0.375. The zero-order valence-corrected chi connectivity index (χ0v) is 19.3. The van der Waals surface area contributed by atoms with Crippen LogP contribution in [0.25, 0.3) is 22.9 Å². The Kier molecular flexibility index (Phi) is 5.76. The molecule has 1 aromatic heterocycles. The smallest absolute Gasteiger partial charge is 0.253 e. The van der Waals surface area contributed by atoms with Gasteiger partial charge in [0.1, 0.15) is 0 Å². The minimum absolute atomic E-state index is 0.0221. The van der Waals surface area contributed by atoms with Crippen molar-refractivity contribution in [2.24, 2.45) is 0 Å². The quantitative estimate of drug-likeness (QED) is 0.583. The maximum atomic E-state index is 13.0. The molecular formula is C24H26N4O4S. The molecule has 3 aromatic rings. The Morgan fingerprint density at radius 1 is 0.909 bits per heavy atom. The number of hydrogen-bond donors (Lipinski definition) is 0. The molecule has 0 spiro atoms. The molecule has 33 heavy (non-hydrogen) atoms. The van der Waals surface area contributed by atoms with Gasteiger partial charge in [-0.05, 0) is 49.7 Å². The van der Waals surface area contributed by atoms with E-state index in [1.165, 1.54) is 0 Å². The highest BCUT2D eigenvalue weighted by Crippen LogP contribution is 2.25. The summed E-state index contributed by atoms with van der Waals surface area (Å²) >= 11 is 0. The third kappa shape index (κ3) is 4.69. The van der Waals surface area contributed by atoms with Crippen LogP contribution in [0, 0.1) is 6.92 Å². The largest absolute Gasteiger partial charge is 0.416 e. The summed E-state index contributed by atoms with van der Waals surface area (Å²) < 4.78 is 29.3. The van der Waals surface area contributed by atoms with Gasteiger partial charge < -0.3 is 9.32 Å². The number of aromatic nitrogens is 2. The molecule has 8 nitrogen and oxygen atoms in total. The van der Waals surface area contributed by atoms with Crippen molar-refractivity contribution in [2.75, 3.05) is 37.7 Å². The second-order valence-corrected chi connectivity index (χ2v) is 11.0. The van der Waals surface area contributed by atoms with Gasteiger partial charge in [0.15, 0.2) is 9.84 Å². The van der Waals surface area contributed by atoms with Crippen molar-refractivity contribution in [3.63, 3.8) is 0 Å². The molecule has 0 saturated carbocycles. The van der Waals surface area contributed by atoms with Crippen molar-refractivity contribution in [1.82, 2.24) is 20.0 Å². The van der Waals surface area contributed by atoms with Crippen molar-refractivity contribution >= 4 is 15.7 Å². The molecule has 0 bridgehead atoms. The van der Waals surface area contributed by atoms with E-state index in [-0.39, 0.29) is 23.5 Å². The number of hydrogen-bond acceptors (Lipinski definition) is 7. The van der Waals surface area contributed by atoms with Crippen molar-refractivity contribution in [2.45, 2.75) is 19.4 Å². The molecule has 3 heterocycles. The van der Waals surface area contributed by atoms with E-state index in [9.17, 15) is 13.2 Å². The number of aryl methyl sites for hydroxylation is 1. The number of sulfone groups is 1. The van der Waals surface area contributed by atoms with Crippen LogP contribution in [-0.4, -0.2) is 78.0 Å². The summed E-state index contributed by atoms with van der Waals surface area (Å²) in [5.74, 6) is 1.35. The standard InChI is InChI=1S/C24H26N4O4S/c1-17-2-4-18(5-3-17)22-25-26-23(32-22)19-6-8-20(9-7-19)24(29)28-13-11-27(12-14-28)21-10-15-33(30,31)16-21/h2-9,21H,10-16H2,1H3/t21-/m1/s1. The van der Waals surface area contributed by atoms with Crippen molar-refractivity contribution in [3.05, 3.63) is 59.7 Å². The maximum Gasteiger partial charge on any atom is 0.253 e. The number of benzene rings is 2. The van der Waals surface area contributed by atoms with Crippen molar-refractivity contribution in [1.29, 1.82) is 0 Å². The lowest BCUT2D eigenvalue weighted by atomic mass is 10.1. The highest BCUT2D eigenvalue weighted by atomic mass is 32.2. The average Bonchev–Trinajstić information content (AvgIpc) is 3.46. The molecule has 9 heteroatoms. The molecule has 1 amide bonds. The van der Waals surface area contributed by atoms with Gasteiger partial charge in [-0.25, -0.2) is 8.42 Å². The Morgan fingerprint density at radius 2 is 1.48 bits per heavy atom. The van der Waals surface area contributed by atoms with E-state index in [0.717, 1.165) is 16.7 Å². The van der Waals surface area contributed by atoms with Crippen LogP contribution in [0.15, 0.2) is 52.9 Å². The van der Waals surface area contributed by atoms with Gasteiger partial charge >= 0.3 is 0 Å². The SMILES string of the molecule is Cc1ccc(-c2nnc(-c3ccc(C(=O)N4CCN([C@@H]5CCS(=O)(=O)C5)CC4)cc3)o2)cc1. The highest BCUT2D eigenvalue weighted by Gasteiger charge is 2.34. The lowest BCUT2D eigenvalue weighted by Crippen LogP contribution is -2.52. The molecule has 1 atom stereocenters. The van der Waals surface area contributed by atoms with E-state index in [0.29, 0.717) is 49.9 Å². The number of nitrogens with zero attached hydrogens (tertiary/aromatic N) is 4.